The van der Waals surface area contributed by atoms with Crippen molar-refractivity contribution in [2.24, 2.45) is 5.92 Å². The summed E-state index contributed by atoms with van der Waals surface area (Å²) in [6.07, 6.45) is 29.2. The third kappa shape index (κ3) is 29.7. The van der Waals surface area contributed by atoms with E-state index in [0.717, 1.165) is 68.0 Å². The van der Waals surface area contributed by atoms with Crippen LogP contribution in [0.15, 0.2) is 77.8 Å². The number of nitrogen functional groups attached to an aromatic ring is 1. The van der Waals surface area contributed by atoms with Crippen LogP contribution in [0.25, 0.3) is 0 Å². The highest BCUT2D eigenvalue weighted by Crippen LogP contribution is 2.60. The minimum Gasteiger partial charge on any atom is -0.462 e. The molecule has 3 unspecified atom stereocenters. The molecule has 1 aliphatic heterocycles. The SMILES string of the molecule is CC/C=C\C/C=C\C/C=C\C/C=C\C=C\C(O)CCCC(=O)O[C@H](COC(=O)CCCCCCCCCCCCCC(C)C)COP(=O)(O)OP(=O)(O)OC[C@H]1O[C@@H](n2ccc(N)nc2=O)[C@H](O)[C@@H]1O. The fourth-order valence-corrected chi connectivity index (χ4v) is 9.17. The van der Waals surface area contributed by atoms with E-state index in [9.17, 15) is 48.6 Å². The number of carbonyl (C=O) groups is 2. The van der Waals surface area contributed by atoms with Gasteiger partial charge in [0.15, 0.2) is 12.3 Å². The van der Waals surface area contributed by atoms with Crippen LogP contribution in [0.5, 0.6) is 0 Å². The van der Waals surface area contributed by atoms with Crippen LogP contribution < -0.4 is 11.4 Å². The summed E-state index contributed by atoms with van der Waals surface area (Å²) in [6.45, 7) is 4.13. The first-order chi connectivity index (χ1) is 33.4. The van der Waals surface area contributed by atoms with Gasteiger partial charge in [0.05, 0.1) is 19.3 Å². The number of phosphoric acid groups is 2. The molecule has 0 spiro atoms. The Bertz CT molecular complexity index is 1940. The molecule has 1 aromatic rings. The summed E-state index contributed by atoms with van der Waals surface area (Å²) < 4.78 is 56.6. The van der Waals surface area contributed by atoms with E-state index in [0.29, 0.717) is 6.42 Å². The number of aromatic nitrogens is 2. The molecule has 70 heavy (non-hydrogen) atoms. The molecule has 0 aromatic carbocycles. The van der Waals surface area contributed by atoms with Crippen molar-refractivity contribution in [1.29, 1.82) is 0 Å². The number of unbranched alkanes of at least 4 members (excludes halogenated alkanes) is 10. The first-order valence-corrected chi connectivity index (χ1v) is 27.8. The summed E-state index contributed by atoms with van der Waals surface area (Å²) in [5.74, 6) is -0.758. The number of nitrogens with zero attached hydrogens (tertiary/aromatic N) is 2. The molecule has 0 bridgehead atoms. The Kier molecular flexibility index (Phi) is 32.5. The number of hydrogen-bond acceptors (Lipinski definition) is 16. The second-order valence-electron chi connectivity index (χ2n) is 17.6. The van der Waals surface area contributed by atoms with E-state index in [2.05, 4.69) is 60.4 Å². The van der Waals surface area contributed by atoms with Crippen LogP contribution in [-0.2, 0) is 46.3 Å². The standard InChI is InChI=1S/C49H81N3O16P2/c1-4-5-6-7-8-9-10-11-14-17-20-23-26-30-40(53)31-28-33-45(55)66-41(36-63-44(54)32-27-24-21-18-15-12-13-16-19-22-25-29-39(2)3)37-64-69(59,60)68-70(61,62)65-38-42-46(56)47(57)48(67-42)52-35-34-43(50)51-49(52)58/h5-6,8-9,11,14,20,23,26,30,34-35,39-42,46-48,53,56-57H,4,7,10,12-13,15-19,21-22,24-25,27-29,31-33,36-38H2,1-3H3,(H,59,60)(H,61,62)(H2,50,51,58)/b6-5-,9-8-,14-11-,23-20-,30-26+/t40?,41-,42-,46-,47-,48-/m1/s1. The number of anilines is 1. The molecule has 7 N–H and O–H groups in total. The number of phosphoric ester groups is 2. The summed E-state index contributed by atoms with van der Waals surface area (Å²) in [7, 11) is -10.9. The van der Waals surface area contributed by atoms with Crippen molar-refractivity contribution in [3.63, 3.8) is 0 Å². The molecule has 1 aromatic heterocycles. The number of rotatable bonds is 39. The van der Waals surface area contributed by atoms with Gasteiger partial charge in [-0.05, 0) is 56.9 Å². The number of nitrogens with two attached hydrogens (primary N) is 1. The lowest BCUT2D eigenvalue weighted by molar-refractivity contribution is -0.161. The molecular formula is C49H81N3O16P2. The first kappa shape index (κ1) is 62.5. The van der Waals surface area contributed by atoms with Gasteiger partial charge in [-0.15, -0.1) is 0 Å². The molecule has 1 aliphatic rings. The molecule has 2 rings (SSSR count). The third-order valence-corrected chi connectivity index (χ3v) is 13.5. The van der Waals surface area contributed by atoms with Crippen LogP contribution in [0.3, 0.4) is 0 Å². The van der Waals surface area contributed by atoms with E-state index in [4.69, 9.17) is 29.0 Å². The summed E-state index contributed by atoms with van der Waals surface area (Å²) in [6, 6.07) is 1.24. The quantitative estimate of drug-likeness (QED) is 0.0118. The van der Waals surface area contributed by atoms with E-state index < -0.39 is 89.8 Å². The molecule has 21 heteroatoms. The van der Waals surface area contributed by atoms with Gasteiger partial charge in [-0.2, -0.15) is 9.29 Å². The average Bonchev–Trinajstić information content (AvgIpc) is 3.58. The maximum atomic E-state index is 12.9. The minimum atomic E-state index is -5.47. The Balaban J connectivity index is 1.87. The molecule has 0 saturated carbocycles. The molecule has 398 valence electrons. The number of esters is 2. The minimum absolute atomic E-state index is 0.0850. The molecule has 2 heterocycles. The van der Waals surface area contributed by atoms with Crippen molar-refractivity contribution in [1.82, 2.24) is 9.55 Å². The number of allylic oxidation sites excluding steroid dienone is 9. The summed E-state index contributed by atoms with van der Waals surface area (Å²) in [5, 5.41) is 31.3. The van der Waals surface area contributed by atoms with Gasteiger partial charge in [-0.25, -0.2) is 13.9 Å². The predicted octanol–water partition coefficient (Wildman–Crippen LogP) is 8.77. The predicted molar refractivity (Wildman–Crippen MR) is 267 cm³/mol. The maximum Gasteiger partial charge on any atom is 0.481 e. The fourth-order valence-electron chi connectivity index (χ4n) is 7.06. The normalized spacial score (nSPS) is 20.3. The lowest BCUT2D eigenvalue weighted by Crippen LogP contribution is -2.36. The Morgan fingerprint density at radius 2 is 1.34 bits per heavy atom. The second kappa shape index (κ2) is 36.4. The van der Waals surface area contributed by atoms with Crippen LogP contribution in [0, 0.1) is 5.92 Å². The van der Waals surface area contributed by atoms with Crippen LogP contribution in [0.2, 0.25) is 0 Å². The van der Waals surface area contributed by atoms with Gasteiger partial charge >= 0.3 is 33.3 Å². The summed E-state index contributed by atoms with van der Waals surface area (Å²) >= 11 is 0. The van der Waals surface area contributed by atoms with Gasteiger partial charge in [0.1, 0.15) is 30.7 Å². The summed E-state index contributed by atoms with van der Waals surface area (Å²) in [4.78, 5) is 61.9. The van der Waals surface area contributed by atoms with Crippen LogP contribution in [-0.4, -0.2) is 96.9 Å². The zero-order valence-electron chi connectivity index (χ0n) is 41.3. The molecule has 1 saturated heterocycles. The van der Waals surface area contributed by atoms with Gasteiger partial charge in [-0.3, -0.25) is 23.2 Å². The van der Waals surface area contributed by atoms with Gasteiger partial charge in [-0.1, -0.05) is 152 Å². The van der Waals surface area contributed by atoms with Crippen molar-refractivity contribution in [2.45, 2.75) is 186 Å². The monoisotopic (exact) mass is 1030 g/mol. The molecule has 1 fully saturated rings. The smallest absolute Gasteiger partial charge is 0.462 e. The van der Waals surface area contributed by atoms with Gasteiger partial charge in [0.25, 0.3) is 0 Å². The van der Waals surface area contributed by atoms with Crippen LogP contribution in [0.4, 0.5) is 5.82 Å². The number of aliphatic hydroxyl groups is 3. The maximum absolute atomic E-state index is 12.9. The van der Waals surface area contributed by atoms with E-state index in [1.165, 1.54) is 51.0 Å². The Morgan fingerprint density at radius 1 is 0.771 bits per heavy atom. The third-order valence-electron chi connectivity index (χ3n) is 10.9. The Labute approximate surface area is 414 Å². The lowest BCUT2D eigenvalue weighted by Gasteiger charge is -2.21. The van der Waals surface area contributed by atoms with Crippen LogP contribution in [0.1, 0.15) is 155 Å². The molecular weight excluding hydrogens is 948 g/mol. The first-order valence-electron chi connectivity index (χ1n) is 24.8. The number of hydrogen-bond donors (Lipinski definition) is 6. The van der Waals surface area contributed by atoms with E-state index in [-0.39, 0.29) is 31.5 Å². The van der Waals surface area contributed by atoms with Crippen molar-refractivity contribution in [2.75, 3.05) is 25.6 Å². The Morgan fingerprint density at radius 3 is 1.96 bits per heavy atom. The molecule has 19 nitrogen and oxygen atoms in total. The topological polar surface area (TPSA) is 286 Å². The van der Waals surface area contributed by atoms with E-state index in [1.54, 1.807) is 12.2 Å². The average molecular weight is 1030 g/mol. The highest BCUT2D eigenvalue weighted by atomic mass is 31.3. The van der Waals surface area contributed by atoms with E-state index >= 15 is 0 Å². The fraction of sp³-hybridized carbons (Fsp3) is 0.673. The van der Waals surface area contributed by atoms with Gasteiger partial charge < -0.3 is 45.1 Å². The lowest BCUT2D eigenvalue weighted by atomic mass is 10.0. The van der Waals surface area contributed by atoms with Crippen LogP contribution >= 0.6 is 15.6 Å². The Hall–Kier alpha value is -3.58. The van der Waals surface area contributed by atoms with E-state index in [1.807, 2.05) is 18.2 Å². The molecule has 0 radical (unpaired) electrons. The molecule has 0 amide bonds. The zero-order chi connectivity index (χ0) is 51.6. The molecule has 0 aliphatic carbocycles. The van der Waals surface area contributed by atoms with Crippen molar-refractivity contribution >= 4 is 33.4 Å². The van der Waals surface area contributed by atoms with Gasteiger partial charge in [0.2, 0.25) is 0 Å². The number of aliphatic hydroxyl groups excluding tert-OH is 3. The largest absolute Gasteiger partial charge is 0.481 e. The van der Waals surface area contributed by atoms with Crippen molar-refractivity contribution < 1.29 is 71.4 Å². The number of carbonyl (C=O) groups excluding carboxylic acids is 2. The molecule has 8 atom stereocenters. The highest BCUT2D eigenvalue weighted by Gasteiger charge is 2.46. The summed E-state index contributed by atoms with van der Waals surface area (Å²) in [5.41, 5.74) is 4.57. The van der Waals surface area contributed by atoms with Crippen molar-refractivity contribution in [3.05, 3.63) is 83.5 Å². The second-order valence-corrected chi connectivity index (χ2v) is 20.7. The van der Waals surface area contributed by atoms with Crippen molar-refractivity contribution in [3.8, 4) is 0 Å². The zero-order valence-corrected chi connectivity index (χ0v) is 43.1. The highest BCUT2D eigenvalue weighted by molar-refractivity contribution is 7.61. The number of ether oxygens (including phenoxy) is 3. The van der Waals surface area contributed by atoms with Gasteiger partial charge in [0, 0.05) is 19.0 Å².